The molecule has 4 nitrogen and oxygen atoms in total. The van der Waals surface area contributed by atoms with E-state index in [0.717, 1.165) is 29.4 Å². The molecule has 0 radical (unpaired) electrons. The third-order valence-corrected chi connectivity index (χ3v) is 8.83. The summed E-state index contributed by atoms with van der Waals surface area (Å²) in [6.45, 7) is 0. The maximum Gasteiger partial charge on any atom is 0.338 e. The highest BCUT2D eigenvalue weighted by atomic mass is 127. The van der Waals surface area contributed by atoms with Gasteiger partial charge in [0.15, 0.2) is 12.2 Å². The van der Waals surface area contributed by atoms with E-state index in [1.54, 1.807) is 24.3 Å². The molecule has 0 spiro atoms. The van der Waals surface area contributed by atoms with Gasteiger partial charge in [0.25, 0.3) is 0 Å². The minimum absolute atomic E-state index is 0.246. The number of fused-ring (bicyclic) bond motifs is 1. The van der Waals surface area contributed by atoms with Crippen LogP contribution in [0.15, 0.2) is 97.1 Å². The van der Waals surface area contributed by atoms with Gasteiger partial charge in [-0.3, -0.25) is 0 Å². The topological polar surface area (TPSA) is 52.6 Å². The maximum atomic E-state index is 13.3. The zero-order chi connectivity index (χ0) is 24.8. The summed E-state index contributed by atoms with van der Waals surface area (Å²) >= 11 is 4.71. The van der Waals surface area contributed by atoms with Crippen LogP contribution in [0.2, 0.25) is 0 Å². The second kappa shape index (κ2) is 9.63. The van der Waals surface area contributed by atoms with Crippen molar-refractivity contribution in [2.75, 3.05) is 0 Å². The van der Waals surface area contributed by atoms with Crippen LogP contribution in [0.3, 0.4) is 0 Å². The van der Waals surface area contributed by atoms with E-state index in [1.807, 2.05) is 48.5 Å². The van der Waals surface area contributed by atoms with Crippen molar-refractivity contribution in [3.05, 3.63) is 138 Å². The summed E-state index contributed by atoms with van der Waals surface area (Å²) in [5, 5.41) is 0. The molecule has 7 rings (SSSR count). The fraction of sp³-hybridized carbons (Fsp3) is 0.133. The van der Waals surface area contributed by atoms with Crippen LogP contribution in [0, 0.1) is 7.14 Å². The first-order valence-corrected chi connectivity index (χ1v) is 13.8. The normalized spacial score (nSPS) is 21.3. The highest BCUT2D eigenvalue weighted by Gasteiger charge is 2.55. The average molecular weight is 698 g/mol. The first-order valence-electron chi connectivity index (χ1n) is 11.6. The Morgan fingerprint density at radius 2 is 0.917 bits per heavy atom. The molecular weight excluding hydrogens is 678 g/mol. The van der Waals surface area contributed by atoms with Crippen LogP contribution in [0.4, 0.5) is 0 Å². The van der Waals surface area contributed by atoms with Crippen LogP contribution in [0.1, 0.15) is 54.8 Å². The van der Waals surface area contributed by atoms with E-state index in [9.17, 15) is 9.59 Å². The van der Waals surface area contributed by atoms with Gasteiger partial charge in [0.05, 0.1) is 23.0 Å². The third kappa shape index (κ3) is 3.94. The zero-order valence-corrected chi connectivity index (χ0v) is 23.3. The maximum absolute atomic E-state index is 13.3. The molecule has 0 amide bonds. The molecule has 0 fully saturated rings. The van der Waals surface area contributed by atoms with Crippen LogP contribution in [-0.4, -0.2) is 24.1 Å². The van der Waals surface area contributed by atoms with Gasteiger partial charge in [0.1, 0.15) is 0 Å². The van der Waals surface area contributed by atoms with E-state index in [1.165, 1.54) is 0 Å². The second-order valence-corrected chi connectivity index (χ2v) is 11.2. The molecule has 6 heteroatoms. The van der Waals surface area contributed by atoms with E-state index in [4.69, 9.17) is 9.47 Å². The second-order valence-electron chi connectivity index (χ2n) is 8.91. The van der Waals surface area contributed by atoms with Crippen molar-refractivity contribution in [2.45, 2.75) is 24.0 Å². The molecule has 0 aromatic heterocycles. The van der Waals surface area contributed by atoms with Crippen LogP contribution in [-0.2, 0) is 9.47 Å². The number of hydrogen-bond donors (Lipinski definition) is 0. The van der Waals surface area contributed by atoms with Crippen molar-refractivity contribution in [3.8, 4) is 0 Å². The fourth-order valence-corrected chi connectivity index (χ4v) is 7.19. The third-order valence-electron chi connectivity index (χ3n) is 6.95. The standard InChI is InChI=1S/C30H20I2O4/c31-21-15-8-14-20-23(21)25-19-13-7-16-22(32)24(19)26(20)28(36-30(34)18-11-5-2-6-12-18)27(25)35-29(33)17-9-3-1-4-10-17/h1-16,25-28H/t25-,26+,27?,28?. The van der Waals surface area contributed by atoms with Gasteiger partial charge in [-0.05, 0) is 104 Å². The molecule has 3 aliphatic rings. The van der Waals surface area contributed by atoms with E-state index in [0.29, 0.717) is 11.1 Å². The monoisotopic (exact) mass is 698 g/mol. The predicted molar refractivity (Wildman–Crippen MR) is 153 cm³/mol. The number of carbonyl (C=O) groups excluding carboxylic acids is 2. The molecule has 2 bridgehead atoms. The highest BCUT2D eigenvalue weighted by Crippen LogP contribution is 2.56. The number of benzene rings is 4. The van der Waals surface area contributed by atoms with Crippen molar-refractivity contribution >= 4 is 57.1 Å². The van der Waals surface area contributed by atoms with E-state index in [-0.39, 0.29) is 11.8 Å². The van der Waals surface area contributed by atoms with Gasteiger partial charge in [-0.25, -0.2) is 9.59 Å². The SMILES string of the molecule is O=C(OC1C(OC(=O)c2ccccc2)[C@H]2c3cccc(I)c3[C@H]1c1cccc(I)c12)c1ccccc1. The minimum atomic E-state index is -0.663. The molecule has 3 aliphatic carbocycles. The Morgan fingerprint density at radius 1 is 0.528 bits per heavy atom. The fourth-order valence-electron chi connectivity index (χ4n) is 5.48. The van der Waals surface area contributed by atoms with Crippen molar-refractivity contribution in [3.63, 3.8) is 0 Å². The molecule has 4 aromatic carbocycles. The molecule has 4 aromatic rings. The largest absolute Gasteiger partial charge is 0.454 e. The van der Waals surface area contributed by atoms with E-state index >= 15 is 0 Å². The number of rotatable bonds is 4. The first kappa shape index (κ1) is 23.7. The number of carbonyl (C=O) groups is 2. The zero-order valence-electron chi connectivity index (χ0n) is 18.9. The molecule has 0 saturated heterocycles. The lowest BCUT2D eigenvalue weighted by molar-refractivity contribution is -0.0560. The summed E-state index contributed by atoms with van der Waals surface area (Å²) in [7, 11) is 0. The van der Waals surface area contributed by atoms with Gasteiger partial charge < -0.3 is 9.47 Å². The molecule has 36 heavy (non-hydrogen) atoms. The van der Waals surface area contributed by atoms with Crippen LogP contribution < -0.4 is 0 Å². The Morgan fingerprint density at radius 3 is 1.31 bits per heavy atom. The molecular formula is C30H20I2O4. The Bertz CT molecular complexity index is 1360. The van der Waals surface area contributed by atoms with E-state index < -0.39 is 24.1 Å². The minimum Gasteiger partial charge on any atom is -0.454 e. The van der Waals surface area contributed by atoms with Gasteiger partial charge >= 0.3 is 11.9 Å². The van der Waals surface area contributed by atoms with Crippen LogP contribution >= 0.6 is 45.2 Å². The smallest absolute Gasteiger partial charge is 0.338 e. The van der Waals surface area contributed by atoms with Crippen molar-refractivity contribution in [2.24, 2.45) is 0 Å². The van der Waals surface area contributed by atoms with Gasteiger partial charge in [0.2, 0.25) is 0 Å². The summed E-state index contributed by atoms with van der Waals surface area (Å²) in [5.41, 5.74) is 5.49. The van der Waals surface area contributed by atoms with Gasteiger partial charge in [-0.2, -0.15) is 0 Å². The highest BCUT2D eigenvalue weighted by molar-refractivity contribution is 14.1. The molecule has 0 N–H and O–H groups in total. The lowest BCUT2D eigenvalue weighted by atomic mass is 9.61. The Balaban J connectivity index is 1.51. The van der Waals surface area contributed by atoms with Crippen molar-refractivity contribution < 1.29 is 19.1 Å². The molecule has 4 atom stereocenters. The number of halogens is 2. The molecule has 2 unspecified atom stereocenters. The predicted octanol–water partition coefficient (Wildman–Crippen LogP) is 6.94. The molecule has 0 aliphatic heterocycles. The molecule has 178 valence electrons. The number of ether oxygens (including phenoxy) is 2. The lowest BCUT2D eigenvalue weighted by Crippen LogP contribution is -2.52. The van der Waals surface area contributed by atoms with Gasteiger partial charge in [0, 0.05) is 7.14 Å². The van der Waals surface area contributed by atoms with Crippen LogP contribution in [0.5, 0.6) is 0 Å². The summed E-state index contributed by atoms with van der Waals surface area (Å²) in [4.78, 5) is 26.6. The summed E-state index contributed by atoms with van der Waals surface area (Å²) in [6.07, 6.45) is -1.33. The molecule has 0 saturated carbocycles. The lowest BCUT2D eigenvalue weighted by Gasteiger charge is -2.49. The van der Waals surface area contributed by atoms with Crippen LogP contribution in [0.25, 0.3) is 0 Å². The summed E-state index contributed by atoms with van der Waals surface area (Å²) in [6, 6.07) is 30.4. The number of hydrogen-bond acceptors (Lipinski definition) is 4. The Kier molecular flexibility index (Phi) is 6.33. The van der Waals surface area contributed by atoms with E-state index in [2.05, 4.69) is 69.4 Å². The van der Waals surface area contributed by atoms with Crippen molar-refractivity contribution in [1.29, 1.82) is 0 Å². The van der Waals surface area contributed by atoms with Gasteiger partial charge in [-0.1, -0.05) is 60.7 Å². The Labute approximate surface area is 236 Å². The first-order chi connectivity index (χ1) is 17.5. The quantitative estimate of drug-likeness (QED) is 0.171. The van der Waals surface area contributed by atoms with Gasteiger partial charge in [-0.15, -0.1) is 0 Å². The number of esters is 2. The average Bonchev–Trinajstić information content (AvgIpc) is 2.91. The summed E-state index contributed by atoms with van der Waals surface area (Å²) in [5.74, 6) is -1.34. The Hall–Kier alpha value is -2.72. The molecule has 0 heterocycles. The van der Waals surface area contributed by atoms with Crippen molar-refractivity contribution in [1.82, 2.24) is 0 Å². The summed E-state index contributed by atoms with van der Waals surface area (Å²) < 4.78 is 14.7.